The highest BCUT2D eigenvalue weighted by Gasteiger charge is 2.45. The summed E-state index contributed by atoms with van der Waals surface area (Å²) in [5, 5.41) is 12.7. The van der Waals surface area contributed by atoms with E-state index in [4.69, 9.17) is 9.97 Å². The number of nitrogens with one attached hydrogen (secondary N) is 1. The minimum atomic E-state index is -0.113. The van der Waals surface area contributed by atoms with Crippen LogP contribution in [0, 0.1) is 0 Å². The number of hydrogen-bond acceptors (Lipinski definition) is 6. The number of rotatable bonds is 5. The number of fused-ring (bicyclic) bond motifs is 2. The number of piperidine rings is 1. The summed E-state index contributed by atoms with van der Waals surface area (Å²) in [5.74, 6) is 1.82. The van der Waals surface area contributed by atoms with Gasteiger partial charge in [0.2, 0.25) is 0 Å². The molecule has 29 heavy (non-hydrogen) atoms. The minimum absolute atomic E-state index is 0.105. The molecule has 1 saturated heterocycles. The van der Waals surface area contributed by atoms with Gasteiger partial charge < -0.3 is 10.4 Å². The molecule has 3 heterocycles. The number of hydrogen-bond donors (Lipinski definition) is 2. The van der Waals surface area contributed by atoms with Gasteiger partial charge >= 0.3 is 0 Å². The van der Waals surface area contributed by atoms with Crippen molar-refractivity contribution in [3.05, 3.63) is 47.2 Å². The number of pyridine rings is 1. The van der Waals surface area contributed by atoms with Crippen LogP contribution >= 0.6 is 0 Å². The van der Waals surface area contributed by atoms with Crippen LogP contribution < -0.4 is 5.32 Å². The maximum absolute atomic E-state index is 9.30. The lowest BCUT2D eigenvalue weighted by molar-refractivity contribution is 0.136. The zero-order valence-electron chi connectivity index (χ0n) is 17.9. The third-order valence-electron chi connectivity index (χ3n) is 6.22. The van der Waals surface area contributed by atoms with Crippen molar-refractivity contribution in [2.75, 3.05) is 31.6 Å². The van der Waals surface area contributed by atoms with E-state index in [2.05, 4.69) is 42.0 Å². The van der Waals surface area contributed by atoms with Crippen LogP contribution in [0.5, 0.6) is 0 Å². The van der Waals surface area contributed by atoms with Crippen LogP contribution in [-0.2, 0) is 23.8 Å². The zero-order valence-corrected chi connectivity index (χ0v) is 17.9. The summed E-state index contributed by atoms with van der Waals surface area (Å²) in [7, 11) is 0. The van der Waals surface area contributed by atoms with Gasteiger partial charge in [-0.15, -0.1) is 0 Å². The molecule has 156 valence electrons. The van der Waals surface area contributed by atoms with Crippen molar-refractivity contribution in [3.8, 4) is 0 Å². The highest BCUT2D eigenvalue weighted by atomic mass is 16.3. The van der Waals surface area contributed by atoms with E-state index in [-0.39, 0.29) is 17.4 Å². The van der Waals surface area contributed by atoms with Crippen molar-refractivity contribution < 1.29 is 5.11 Å². The highest BCUT2D eigenvalue weighted by Crippen LogP contribution is 2.46. The van der Waals surface area contributed by atoms with Gasteiger partial charge in [0.05, 0.1) is 12.3 Å². The standard InChI is InChI=1S/C23H33N5O/c1-22(2,3)21-26-19-18(20(27-21)25-11-13-29)7-9-23(19)8-5-12-28(16-23)15-17-6-4-10-24-14-17/h4,6,10,14,29H,5,7-9,11-13,15-16H2,1-3H3,(H,25,26,27). The van der Waals surface area contributed by atoms with Crippen molar-refractivity contribution in [1.82, 2.24) is 19.9 Å². The summed E-state index contributed by atoms with van der Waals surface area (Å²) in [6.45, 7) is 10.2. The van der Waals surface area contributed by atoms with Crippen LogP contribution in [0.3, 0.4) is 0 Å². The average molecular weight is 396 g/mol. The topological polar surface area (TPSA) is 74.2 Å². The number of aliphatic hydroxyl groups is 1. The lowest BCUT2D eigenvalue weighted by Gasteiger charge is -2.41. The second-order valence-corrected chi connectivity index (χ2v) is 9.58. The van der Waals surface area contributed by atoms with E-state index in [1.54, 1.807) is 0 Å². The third-order valence-corrected chi connectivity index (χ3v) is 6.22. The largest absolute Gasteiger partial charge is 0.395 e. The Morgan fingerprint density at radius 3 is 2.83 bits per heavy atom. The van der Waals surface area contributed by atoms with Gasteiger partial charge in [-0.3, -0.25) is 9.88 Å². The second kappa shape index (κ2) is 8.00. The van der Waals surface area contributed by atoms with Crippen molar-refractivity contribution in [2.45, 2.75) is 63.8 Å². The van der Waals surface area contributed by atoms with E-state index in [1.807, 2.05) is 18.5 Å². The van der Waals surface area contributed by atoms with E-state index in [0.717, 1.165) is 44.1 Å². The Labute approximate surface area is 173 Å². The quantitative estimate of drug-likeness (QED) is 0.811. The predicted molar refractivity (Wildman–Crippen MR) is 115 cm³/mol. The fourth-order valence-electron chi connectivity index (χ4n) is 4.81. The smallest absolute Gasteiger partial charge is 0.136 e. The molecular formula is C23H33N5O. The minimum Gasteiger partial charge on any atom is -0.395 e. The molecule has 1 spiro atoms. The molecule has 2 aromatic rings. The summed E-state index contributed by atoms with van der Waals surface area (Å²) >= 11 is 0. The van der Waals surface area contributed by atoms with E-state index in [0.29, 0.717) is 6.54 Å². The first kappa shape index (κ1) is 20.2. The summed E-state index contributed by atoms with van der Waals surface area (Å²) in [4.78, 5) is 16.9. The molecule has 1 unspecified atom stereocenters. The summed E-state index contributed by atoms with van der Waals surface area (Å²) < 4.78 is 0. The predicted octanol–water partition coefficient (Wildman–Crippen LogP) is 3.05. The lowest BCUT2D eigenvalue weighted by atomic mass is 9.77. The van der Waals surface area contributed by atoms with Crippen molar-refractivity contribution in [1.29, 1.82) is 0 Å². The number of nitrogens with zero attached hydrogens (tertiary/aromatic N) is 4. The Bertz CT molecular complexity index is 848. The molecule has 0 saturated carbocycles. The molecule has 0 amide bonds. The van der Waals surface area contributed by atoms with Crippen LogP contribution in [-0.4, -0.2) is 51.2 Å². The van der Waals surface area contributed by atoms with Crippen LogP contribution in [0.1, 0.15) is 62.7 Å². The molecule has 6 heteroatoms. The van der Waals surface area contributed by atoms with Crippen molar-refractivity contribution >= 4 is 5.82 Å². The molecule has 2 aromatic heterocycles. The van der Waals surface area contributed by atoms with Gasteiger partial charge in [0.15, 0.2) is 0 Å². The molecular weight excluding hydrogens is 362 g/mol. The molecule has 1 aliphatic carbocycles. The van der Waals surface area contributed by atoms with Crippen molar-refractivity contribution in [2.24, 2.45) is 0 Å². The first-order chi connectivity index (χ1) is 13.9. The fraction of sp³-hybridized carbons (Fsp3) is 0.609. The van der Waals surface area contributed by atoms with Crippen molar-refractivity contribution in [3.63, 3.8) is 0 Å². The number of aliphatic hydroxyl groups excluding tert-OH is 1. The molecule has 2 N–H and O–H groups in total. The second-order valence-electron chi connectivity index (χ2n) is 9.58. The fourth-order valence-corrected chi connectivity index (χ4v) is 4.81. The molecule has 0 radical (unpaired) electrons. The van der Waals surface area contributed by atoms with Crippen LogP contribution in [0.25, 0.3) is 0 Å². The van der Waals surface area contributed by atoms with Gasteiger partial charge in [-0.1, -0.05) is 26.8 Å². The zero-order chi connectivity index (χ0) is 20.5. The van der Waals surface area contributed by atoms with E-state index in [9.17, 15) is 5.11 Å². The van der Waals surface area contributed by atoms with Gasteiger partial charge in [0.25, 0.3) is 0 Å². The summed E-state index contributed by atoms with van der Waals surface area (Å²) in [6, 6.07) is 4.18. The Morgan fingerprint density at radius 2 is 2.10 bits per heavy atom. The molecule has 6 nitrogen and oxygen atoms in total. The van der Waals surface area contributed by atoms with Gasteiger partial charge in [-0.05, 0) is 43.9 Å². The van der Waals surface area contributed by atoms with E-state index in [1.165, 1.54) is 29.7 Å². The summed E-state index contributed by atoms with van der Waals surface area (Å²) in [6.07, 6.45) is 8.31. The van der Waals surface area contributed by atoms with Crippen LogP contribution in [0.15, 0.2) is 24.5 Å². The normalized spacial score (nSPS) is 22.1. The third kappa shape index (κ3) is 4.14. The first-order valence-electron chi connectivity index (χ1n) is 10.8. The molecule has 1 aliphatic heterocycles. The molecule has 0 aromatic carbocycles. The average Bonchev–Trinajstić information content (AvgIpc) is 3.04. The Hall–Kier alpha value is -2.05. The molecule has 4 rings (SSSR count). The maximum Gasteiger partial charge on any atom is 0.136 e. The summed E-state index contributed by atoms with van der Waals surface area (Å²) in [5.41, 5.74) is 3.77. The lowest BCUT2D eigenvalue weighted by Crippen LogP contribution is -2.45. The van der Waals surface area contributed by atoms with E-state index >= 15 is 0 Å². The molecule has 0 bridgehead atoms. The van der Waals surface area contributed by atoms with Gasteiger partial charge in [0, 0.05) is 48.4 Å². The Kier molecular flexibility index (Phi) is 5.58. The first-order valence-corrected chi connectivity index (χ1v) is 10.8. The van der Waals surface area contributed by atoms with Gasteiger partial charge in [0.1, 0.15) is 11.6 Å². The monoisotopic (exact) mass is 395 g/mol. The number of likely N-dealkylation sites (tertiary alicyclic amines) is 1. The molecule has 1 fully saturated rings. The van der Waals surface area contributed by atoms with Gasteiger partial charge in [-0.2, -0.15) is 0 Å². The van der Waals surface area contributed by atoms with Crippen LogP contribution in [0.2, 0.25) is 0 Å². The number of anilines is 1. The highest BCUT2D eigenvalue weighted by molar-refractivity contribution is 5.53. The molecule has 1 atom stereocenters. The Morgan fingerprint density at radius 1 is 1.24 bits per heavy atom. The van der Waals surface area contributed by atoms with Crippen LogP contribution in [0.4, 0.5) is 5.82 Å². The molecule has 2 aliphatic rings. The SMILES string of the molecule is CC(C)(C)c1nc(NCCO)c2c(n1)C1(CCCN(Cc3cccnc3)C1)CC2. The van der Waals surface area contributed by atoms with Gasteiger partial charge in [-0.25, -0.2) is 9.97 Å². The number of aromatic nitrogens is 3. The van der Waals surface area contributed by atoms with E-state index < -0.39 is 0 Å². The Balaban J connectivity index is 1.66. The maximum atomic E-state index is 9.30.